The van der Waals surface area contributed by atoms with Gasteiger partial charge in [-0.25, -0.2) is 19.7 Å². The van der Waals surface area contributed by atoms with Crippen molar-refractivity contribution in [3.05, 3.63) is 76.4 Å². The number of benzene rings is 2. The number of aliphatic imine (C=N–C) groups is 1. The predicted octanol–water partition coefficient (Wildman–Crippen LogP) is 5.37. The third-order valence-electron chi connectivity index (χ3n) is 6.88. The molecular weight excluding hydrogens is 521 g/mol. The van der Waals surface area contributed by atoms with Gasteiger partial charge in [0.25, 0.3) is 11.8 Å². The molecule has 2 aliphatic rings. The number of fused-ring (bicyclic) bond motifs is 1. The maximum absolute atomic E-state index is 14.1. The molecule has 0 radical (unpaired) electrons. The third kappa shape index (κ3) is 4.45. The third-order valence-corrected chi connectivity index (χ3v) is 7.24. The first kappa shape index (κ1) is 25.9. The van der Waals surface area contributed by atoms with Gasteiger partial charge in [-0.3, -0.25) is 9.59 Å². The number of hydrogen-bond donors (Lipinski definition) is 1. The van der Waals surface area contributed by atoms with Gasteiger partial charge in [-0.15, -0.1) is 0 Å². The summed E-state index contributed by atoms with van der Waals surface area (Å²) in [5.41, 5.74) is 1.68. The first-order chi connectivity index (χ1) is 18.0. The summed E-state index contributed by atoms with van der Waals surface area (Å²) >= 11 is 6.43. The fraction of sp³-hybridized carbons (Fsp3) is 0.308. The summed E-state index contributed by atoms with van der Waals surface area (Å²) in [5.74, 6) is -1.64. The van der Waals surface area contributed by atoms with Crippen molar-refractivity contribution in [3.63, 3.8) is 0 Å². The van der Waals surface area contributed by atoms with Gasteiger partial charge in [0, 0.05) is 13.5 Å². The number of amides is 2. The fourth-order valence-electron chi connectivity index (χ4n) is 4.70. The van der Waals surface area contributed by atoms with E-state index < -0.39 is 41.8 Å². The molecule has 1 saturated heterocycles. The van der Waals surface area contributed by atoms with E-state index in [1.54, 1.807) is 61.4 Å². The molecular formula is C26H24ClF3N6O2. The molecule has 38 heavy (non-hydrogen) atoms. The Balaban J connectivity index is 1.50. The van der Waals surface area contributed by atoms with Crippen LogP contribution in [0.1, 0.15) is 47.0 Å². The minimum absolute atomic E-state index is 0.0683. The van der Waals surface area contributed by atoms with Crippen LogP contribution in [0.25, 0.3) is 0 Å². The molecule has 0 bridgehead atoms. The zero-order chi connectivity index (χ0) is 27.4. The lowest BCUT2D eigenvalue weighted by atomic mass is 9.96. The van der Waals surface area contributed by atoms with Crippen LogP contribution in [0.2, 0.25) is 5.02 Å². The number of anilines is 2. The highest BCUT2D eigenvalue weighted by molar-refractivity contribution is 6.49. The topological polar surface area (TPSA) is 82.8 Å². The van der Waals surface area contributed by atoms with E-state index in [0.29, 0.717) is 15.9 Å². The second-order valence-corrected chi connectivity index (χ2v) is 9.74. The van der Waals surface area contributed by atoms with Crippen LogP contribution in [0.15, 0.2) is 59.6 Å². The number of rotatable bonds is 3. The molecule has 3 atom stereocenters. The summed E-state index contributed by atoms with van der Waals surface area (Å²) < 4.78 is 43.0. The van der Waals surface area contributed by atoms with Crippen LogP contribution >= 0.6 is 11.6 Å². The molecule has 5 rings (SSSR count). The Labute approximate surface area is 221 Å². The van der Waals surface area contributed by atoms with E-state index in [4.69, 9.17) is 11.6 Å². The molecule has 1 N–H and O–H groups in total. The van der Waals surface area contributed by atoms with E-state index in [2.05, 4.69) is 15.4 Å². The van der Waals surface area contributed by atoms with E-state index in [1.165, 1.54) is 5.01 Å². The Morgan fingerprint density at radius 1 is 1.13 bits per heavy atom. The Morgan fingerprint density at radius 2 is 1.79 bits per heavy atom. The normalized spacial score (nSPS) is 23.0. The van der Waals surface area contributed by atoms with Crippen molar-refractivity contribution < 1.29 is 22.8 Å². The maximum Gasteiger partial charge on any atom is 0.410 e. The smallest absolute Gasteiger partial charge is 0.362 e. The predicted molar refractivity (Wildman–Crippen MR) is 137 cm³/mol. The SMILES string of the molecule is Cc1ccc(C2CC(C(F)(F)F)n3nc(C(=O)N=C4C(=O)N(c5ccccc5)N(C)C4C)c(Cl)c3N2)cc1. The Hall–Kier alpha value is -3.70. The molecule has 8 nitrogen and oxygen atoms in total. The lowest BCUT2D eigenvalue weighted by Crippen LogP contribution is -2.38. The molecule has 2 aromatic carbocycles. The number of halogens is 4. The van der Waals surface area contributed by atoms with Gasteiger partial charge in [0.2, 0.25) is 0 Å². The van der Waals surface area contributed by atoms with E-state index >= 15 is 0 Å². The summed E-state index contributed by atoms with van der Waals surface area (Å²) in [7, 11) is 1.67. The van der Waals surface area contributed by atoms with Crippen LogP contribution < -0.4 is 10.3 Å². The van der Waals surface area contributed by atoms with Crippen molar-refractivity contribution >= 4 is 40.6 Å². The van der Waals surface area contributed by atoms with Crippen molar-refractivity contribution in [2.24, 2.45) is 4.99 Å². The van der Waals surface area contributed by atoms with E-state index in [-0.39, 0.29) is 23.0 Å². The average Bonchev–Trinajstić information content (AvgIpc) is 3.32. The number of para-hydroxylation sites is 1. The van der Waals surface area contributed by atoms with Gasteiger partial charge >= 0.3 is 6.18 Å². The second-order valence-electron chi connectivity index (χ2n) is 9.36. The summed E-state index contributed by atoms with van der Waals surface area (Å²) in [5, 5.41) is 9.67. The Morgan fingerprint density at radius 3 is 2.42 bits per heavy atom. The number of aryl methyl sites for hydroxylation is 1. The average molecular weight is 545 g/mol. The van der Waals surface area contributed by atoms with Crippen molar-refractivity contribution in [1.82, 2.24) is 14.8 Å². The molecule has 3 heterocycles. The highest BCUT2D eigenvalue weighted by Gasteiger charge is 2.48. The van der Waals surface area contributed by atoms with Gasteiger partial charge in [-0.05, 0) is 31.5 Å². The van der Waals surface area contributed by atoms with Crippen LogP contribution in [0, 0.1) is 6.92 Å². The number of carbonyl (C=O) groups is 2. The molecule has 12 heteroatoms. The van der Waals surface area contributed by atoms with E-state index in [9.17, 15) is 22.8 Å². The first-order valence-corrected chi connectivity index (χ1v) is 12.3. The molecule has 0 aliphatic carbocycles. The highest BCUT2D eigenvalue weighted by Crippen LogP contribution is 2.46. The van der Waals surface area contributed by atoms with Crippen molar-refractivity contribution in [2.45, 2.75) is 44.6 Å². The van der Waals surface area contributed by atoms with Crippen LogP contribution in [0.4, 0.5) is 24.7 Å². The van der Waals surface area contributed by atoms with Gasteiger partial charge in [0.05, 0.1) is 17.8 Å². The van der Waals surface area contributed by atoms with Gasteiger partial charge in [0.15, 0.2) is 11.7 Å². The van der Waals surface area contributed by atoms with Gasteiger partial charge < -0.3 is 5.32 Å². The number of nitrogens with one attached hydrogen (secondary N) is 1. The lowest BCUT2D eigenvalue weighted by molar-refractivity contribution is -0.173. The minimum Gasteiger partial charge on any atom is -0.362 e. The number of hydrogen-bond acceptors (Lipinski definition) is 5. The van der Waals surface area contributed by atoms with Gasteiger partial charge in [0.1, 0.15) is 16.6 Å². The first-order valence-electron chi connectivity index (χ1n) is 11.9. The Kier molecular flexibility index (Phi) is 6.52. The fourth-order valence-corrected chi connectivity index (χ4v) is 4.96. The second kappa shape index (κ2) is 9.55. The summed E-state index contributed by atoms with van der Waals surface area (Å²) in [6.07, 6.45) is -4.98. The molecule has 0 spiro atoms. The molecule has 2 amide bonds. The molecule has 0 saturated carbocycles. The van der Waals surface area contributed by atoms with Gasteiger partial charge in [-0.1, -0.05) is 59.6 Å². The van der Waals surface area contributed by atoms with Crippen molar-refractivity contribution in [1.29, 1.82) is 0 Å². The number of aromatic nitrogens is 2. The maximum atomic E-state index is 14.1. The molecule has 2 aliphatic heterocycles. The van der Waals surface area contributed by atoms with Crippen molar-refractivity contribution in [2.75, 3.05) is 17.4 Å². The Bertz CT molecular complexity index is 1420. The van der Waals surface area contributed by atoms with E-state index in [0.717, 1.165) is 5.56 Å². The number of hydrazine groups is 1. The zero-order valence-corrected chi connectivity index (χ0v) is 21.5. The standard InChI is InChI=1S/C26H24ClF3N6O2/c1-14-9-11-16(12-10-14)18-13-19(26(28,29)30)35-23(31-18)20(27)22(33-35)24(37)32-21-15(2)34(3)36(25(21)38)17-7-5-4-6-8-17/h4-12,15,18-19,31H,13H2,1-3H3. The minimum atomic E-state index is -4.64. The van der Waals surface area contributed by atoms with Crippen LogP contribution in [0.3, 0.4) is 0 Å². The lowest BCUT2D eigenvalue weighted by Gasteiger charge is -2.33. The number of carbonyl (C=O) groups excluding carboxylic acids is 2. The zero-order valence-electron chi connectivity index (χ0n) is 20.7. The summed E-state index contributed by atoms with van der Waals surface area (Å²) in [4.78, 5) is 30.3. The molecule has 1 fully saturated rings. The number of nitrogens with zero attached hydrogens (tertiary/aromatic N) is 5. The number of alkyl halides is 3. The van der Waals surface area contributed by atoms with Gasteiger partial charge in [-0.2, -0.15) is 18.3 Å². The monoisotopic (exact) mass is 544 g/mol. The van der Waals surface area contributed by atoms with Crippen LogP contribution in [-0.4, -0.2) is 51.6 Å². The molecule has 198 valence electrons. The van der Waals surface area contributed by atoms with Crippen molar-refractivity contribution in [3.8, 4) is 0 Å². The quantitative estimate of drug-likeness (QED) is 0.479. The summed E-state index contributed by atoms with van der Waals surface area (Å²) in [6, 6.07) is 12.7. The summed E-state index contributed by atoms with van der Waals surface area (Å²) in [6.45, 7) is 3.58. The van der Waals surface area contributed by atoms with E-state index in [1.807, 2.05) is 19.1 Å². The molecule has 3 aromatic rings. The van der Waals surface area contributed by atoms with Crippen LogP contribution in [0.5, 0.6) is 0 Å². The van der Waals surface area contributed by atoms with Crippen LogP contribution in [-0.2, 0) is 4.79 Å². The molecule has 1 aromatic heterocycles. The molecule has 3 unspecified atom stereocenters. The largest absolute Gasteiger partial charge is 0.410 e. The highest BCUT2D eigenvalue weighted by atomic mass is 35.5.